The number of hydrogen-bond donors (Lipinski definition) is 1. The average molecular weight is 258 g/mol. The Morgan fingerprint density at radius 1 is 1.26 bits per heavy atom. The van der Waals surface area contributed by atoms with Gasteiger partial charge in [0.05, 0.1) is 0 Å². The maximum Gasteiger partial charge on any atom is 0.105 e. The molecule has 0 aliphatic heterocycles. The number of pyridine rings is 1. The molecule has 0 saturated carbocycles. The first-order valence-electron chi connectivity index (χ1n) is 6.90. The molecule has 2 aromatic heterocycles. The maximum absolute atomic E-state index is 5.66. The van der Waals surface area contributed by atoms with Crippen LogP contribution in [0.4, 0.5) is 0 Å². The van der Waals surface area contributed by atoms with Crippen molar-refractivity contribution in [3.63, 3.8) is 0 Å². The summed E-state index contributed by atoms with van der Waals surface area (Å²) >= 11 is 0. The van der Waals surface area contributed by atoms with Gasteiger partial charge in [0.15, 0.2) is 0 Å². The van der Waals surface area contributed by atoms with Gasteiger partial charge in [-0.15, -0.1) is 0 Å². The molecule has 3 heteroatoms. The third-order valence-corrected chi connectivity index (χ3v) is 3.28. The number of rotatable bonds is 6. The molecular weight excluding hydrogens is 236 g/mol. The zero-order valence-electron chi connectivity index (χ0n) is 11.9. The Bertz CT molecular complexity index is 505. The van der Waals surface area contributed by atoms with E-state index in [2.05, 4.69) is 35.4 Å². The Morgan fingerprint density at radius 3 is 2.58 bits per heavy atom. The number of nitrogens with one attached hydrogen (secondary N) is 1. The van der Waals surface area contributed by atoms with Gasteiger partial charge in [0.1, 0.15) is 11.5 Å². The highest BCUT2D eigenvalue weighted by molar-refractivity contribution is 5.26. The van der Waals surface area contributed by atoms with Crippen molar-refractivity contribution in [1.29, 1.82) is 0 Å². The lowest BCUT2D eigenvalue weighted by molar-refractivity contribution is 0.480. The molecule has 0 aliphatic rings. The Kier molecular flexibility index (Phi) is 4.74. The van der Waals surface area contributed by atoms with Gasteiger partial charge in [-0.1, -0.05) is 6.92 Å². The lowest BCUT2D eigenvalue weighted by atomic mass is 9.99. The van der Waals surface area contributed by atoms with E-state index in [1.165, 1.54) is 11.1 Å². The van der Waals surface area contributed by atoms with Crippen LogP contribution in [-0.4, -0.2) is 11.5 Å². The van der Waals surface area contributed by atoms with E-state index < -0.39 is 0 Å². The fourth-order valence-corrected chi connectivity index (χ4v) is 2.36. The first-order chi connectivity index (χ1) is 9.20. The third-order valence-electron chi connectivity index (χ3n) is 3.28. The zero-order chi connectivity index (χ0) is 13.7. The molecule has 19 heavy (non-hydrogen) atoms. The van der Waals surface area contributed by atoms with E-state index in [0.29, 0.717) is 6.04 Å². The van der Waals surface area contributed by atoms with Gasteiger partial charge in [0.25, 0.3) is 0 Å². The summed E-state index contributed by atoms with van der Waals surface area (Å²) in [7, 11) is 0. The lowest BCUT2D eigenvalue weighted by Gasteiger charge is -2.18. The van der Waals surface area contributed by atoms with Crippen LogP contribution in [0.15, 0.2) is 35.0 Å². The molecule has 0 fully saturated rings. The number of aromatic nitrogens is 1. The molecule has 3 nitrogen and oxygen atoms in total. The van der Waals surface area contributed by atoms with Gasteiger partial charge in [-0.25, -0.2) is 0 Å². The van der Waals surface area contributed by atoms with Crippen molar-refractivity contribution in [2.24, 2.45) is 0 Å². The van der Waals surface area contributed by atoms with Crippen LogP contribution in [-0.2, 0) is 6.42 Å². The van der Waals surface area contributed by atoms with Crippen molar-refractivity contribution in [2.45, 2.75) is 39.7 Å². The van der Waals surface area contributed by atoms with E-state index in [-0.39, 0.29) is 0 Å². The number of hydrogen-bond acceptors (Lipinski definition) is 3. The first kappa shape index (κ1) is 13.8. The molecule has 0 aromatic carbocycles. The number of nitrogens with zero attached hydrogens (tertiary/aromatic N) is 1. The van der Waals surface area contributed by atoms with E-state index in [4.69, 9.17) is 4.42 Å². The minimum absolute atomic E-state index is 0.305. The van der Waals surface area contributed by atoms with Crippen molar-refractivity contribution in [3.05, 3.63) is 53.2 Å². The molecule has 0 radical (unpaired) electrons. The second-order valence-corrected chi connectivity index (χ2v) is 4.93. The van der Waals surface area contributed by atoms with Crippen LogP contribution in [0.3, 0.4) is 0 Å². The van der Waals surface area contributed by atoms with Crippen molar-refractivity contribution in [1.82, 2.24) is 10.3 Å². The maximum atomic E-state index is 5.66. The van der Waals surface area contributed by atoms with E-state index >= 15 is 0 Å². The lowest BCUT2D eigenvalue weighted by Crippen LogP contribution is -2.24. The topological polar surface area (TPSA) is 38.1 Å². The molecule has 0 amide bonds. The summed E-state index contributed by atoms with van der Waals surface area (Å²) in [6.45, 7) is 7.23. The van der Waals surface area contributed by atoms with Crippen molar-refractivity contribution in [2.75, 3.05) is 6.54 Å². The molecule has 0 spiro atoms. The minimum atomic E-state index is 0.305. The van der Waals surface area contributed by atoms with Crippen molar-refractivity contribution in [3.8, 4) is 0 Å². The second kappa shape index (κ2) is 6.53. The fraction of sp³-hybridized carbons (Fsp3) is 0.438. The summed E-state index contributed by atoms with van der Waals surface area (Å²) in [6, 6.07) is 6.59. The summed E-state index contributed by atoms with van der Waals surface area (Å²) in [5.74, 6) is 1.99. The third kappa shape index (κ3) is 3.67. The molecule has 2 aromatic rings. The second-order valence-electron chi connectivity index (χ2n) is 4.93. The normalized spacial score (nSPS) is 12.6. The predicted molar refractivity (Wildman–Crippen MR) is 77.2 cm³/mol. The van der Waals surface area contributed by atoms with Gasteiger partial charge in [-0.05, 0) is 57.0 Å². The van der Waals surface area contributed by atoms with E-state index in [1.54, 1.807) is 0 Å². The molecule has 1 unspecified atom stereocenters. The Hall–Kier alpha value is -1.61. The highest BCUT2D eigenvalue weighted by Crippen LogP contribution is 2.24. The Balaban J connectivity index is 2.18. The molecule has 2 heterocycles. The van der Waals surface area contributed by atoms with Crippen molar-refractivity contribution < 1.29 is 4.42 Å². The van der Waals surface area contributed by atoms with Gasteiger partial charge in [-0.2, -0.15) is 0 Å². The quantitative estimate of drug-likeness (QED) is 0.860. The van der Waals surface area contributed by atoms with Crippen LogP contribution in [0.25, 0.3) is 0 Å². The van der Waals surface area contributed by atoms with E-state index in [1.807, 2.05) is 26.2 Å². The monoisotopic (exact) mass is 258 g/mol. The number of aryl methyl sites for hydroxylation is 2. The van der Waals surface area contributed by atoms with Crippen LogP contribution in [0.5, 0.6) is 0 Å². The fourth-order valence-electron chi connectivity index (χ4n) is 2.36. The summed E-state index contributed by atoms with van der Waals surface area (Å²) in [5.41, 5.74) is 2.56. The first-order valence-corrected chi connectivity index (χ1v) is 6.90. The molecule has 102 valence electrons. The molecule has 1 N–H and O–H groups in total. The molecule has 1 atom stereocenters. The standard InChI is InChI=1S/C16H22N2O/c1-4-7-18-16(11-14-5-8-17-9-6-14)15-10-12(2)19-13(15)3/h5-6,8-10,16,18H,4,7,11H2,1-3H3. The van der Waals surface area contributed by atoms with E-state index in [0.717, 1.165) is 30.9 Å². The van der Waals surface area contributed by atoms with Crippen LogP contribution in [0.2, 0.25) is 0 Å². The minimum Gasteiger partial charge on any atom is -0.466 e. The Morgan fingerprint density at radius 2 is 2.00 bits per heavy atom. The van der Waals surface area contributed by atoms with Gasteiger partial charge in [-0.3, -0.25) is 4.98 Å². The van der Waals surface area contributed by atoms with Crippen LogP contribution < -0.4 is 5.32 Å². The smallest absolute Gasteiger partial charge is 0.105 e. The van der Waals surface area contributed by atoms with Gasteiger partial charge in [0.2, 0.25) is 0 Å². The molecule has 2 rings (SSSR count). The Labute approximate surface area is 115 Å². The molecular formula is C16H22N2O. The molecule has 0 saturated heterocycles. The zero-order valence-corrected chi connectivity index (χ0v) is 11.9. The van der Waals surface area contributed by atoms with Crippen LogP contribution >= 0.6 is 0 Å². The van der Waals surface area contributed by atoms with Gasteiger partial charge in [0, 0.05) is 24.0 Å². The highest BCUT2D eigenvalue weighted by atomic mass is 16.3. The number of furan rings is 1. The van der Waals surface area contributed by atoms with Crippen LogP contribution in [0.1, 0.15) is 42.0 Å². The molecule has 0 bridgehead atoms. The predicted octanol–water partition coefficient (Wildman–Crippen LogP) is 3.57. The summed E-state index contributed by atoms with van der Waals surface area (Å²) in [5, 5.41) is 3.61. The highest BCUT2D eigenvalue weighted by Gasteiger charge is 2.17. The average Bonchev–Trinajstić information content (AvgIpc) is 2.75. The summed E-state index contributed by atoms with van der Waals surface area (Å²) in [6.07, 6.45) is 5.78. The van der Waals surface area contributed by atoms with Gasteiger partial charge < -0.3 is 9.73 Å². The van der Waals surface area contributed by atoms with Crippen molar-refractivity contribution >= 4 is 0 Å². The molecule has 0 aliphatic carbocycles. The largest absolute Gasteiger partial charge is 0.466 e. The van der Waals surface area contributed by atoms with Crippen LogP contribution in [0, 0.1) is 13.8 Å². The van der Waals surface area contributed by atoms with Gasteiger partial charge >= 0.3 is 0 Å². The summed E-state index contributed by atoms with van der Waals surface area (Å²) < 4.78 is 5.66. The SMILES string of the molecule is CCCNC(Cc1ccncc1)c1cc(C)oc1C. The summed E-state index contributed by atoms with van der Waals surface area (Å²) in [4.78, 5) is 4.07. The van der Waals surface area contributed by atoms with E-state index in [9.17, 15) is 0 Å².